The second-order valence-electron chi connectivity index (χ2n) is 6.18. The Morgan fingerprint density at radius 1 is 0.667 bits per heavy atom. The molecule has 154 valence electrons. The summed E-state index contributed by atoms with van der Waals surface area (Å²) in [5.74, 6) is 0.468. The van der Waals surface area contributed by atoms with Gasteiger partial charge in [0.1, 0.15) is 30.5 Å². The van der Waals surface area contributed by atoms with Gasteiger partial charge >= 0.3 is 11.9 Å². The van der Waals surface area contributed by atoms with Crippen LogP contribution in [0.4, 0.5) is 0 Å². The molecule has 0 N–H and O–H groups in total. The average molecular weight is 406 g/mol. The van der Waals surface area contributed by atoms with Gasteiger partial charge in [-0.3, -0.25) is 0 Å². The van der Waals surface area contributed by atoms with Crippen molar-refractivity contribution in [3.05, 3.63) is 90.0 Å². The molecule has 6 heteroatoms. The minimum absolute atomic E-state index is 0.0992. The van der Waals surface area contributed by atoms with Gasteiger partial charge in [-0.2, -0.15) is 0 Å². The van der Waals surface area contributed by atoms with Crippen molar-refractivity contribution >= 4 is 11.9 Å². The zero-order chi connectivity index (χ0) is 21.2. The Labute approximate surface area is 175 Å². The lowest BCUT2D eigenvalue weighted by Crippen LogP contribution is -2.13. The molecule has 0 aromatic heterocycles. The summed E-state index contributed by atoms with van der Waals surface area (Å²) in [6.45, 7) is 2.70. The van der Waals surface area contributed by atoms with Crippen LogP contribution < -0.4 is 14.2 Å². The van der Waals surface area contributed by atoms with Crippen LogP contribution in [0, 0.1) is 0 Å². The smallest absolute Gasteiger partial charge is 0.343 e. The lowest BCUT2D eigenvalue weighted by molar-refractivity contribution is 0.0449. The Morgan fingerprint density at radius 3 is 2.03 bits per heavy atom. The first kappa shape index (κ1) is 20.9. The molecule has 0 heterocycles. The molecule has 0 aliphatic heterocycles. The van der Waals surface area contributed by atoms with Crippen LogP contribution in [-0.4, -0.2) is 31.8 Å². The fourth-order valence-corrected chi connectivity index (χ4v) is 2.63. The van der Waals surface area contributed by atoms with E-state index in [1.54, 1.807) is 42.5 Å². The van der Waals surface area contributed by atoms with Gasteiger partial charge in [0, 0.05) is 0 Å². The summed E-state index contributed by atoms with van der Waals surface area (Å²) in [5.41, 5.74) is 0.634. The molecule has 0 unspecified atom stereocenters. The monoisotopic (exact) mass is 406 g/mol. The minimum atomic E-state index is -0.543. The van der Waals surface area contributed by atoms with Crippen molar-refractivity contribution in [3.8, 4) is 17.2 Å². The third-order valence-corrected chi connectivity index (χ3v) is 3.99. The van der Waals surface area contributed by atoms with E-state index in [1.165, 1.54) is 6.07 Å². The van der Waals surface area contributed by atoms with Crippen LogP contribution in [0.25, 0.3) is 0 Å². The molecule has 30 heavy (non-hydrogen) atoms. The molecule has 0 radical (unpaired) electrons. The first-order valence-corrected chi connectivity index (χ1v) is 9.56. The number of ether oxygens (including phenoxy) is 4. The molecule has 0 atom stereocenters. The third kappa shape index (κ3) is 6.10. The number of hydrogen-bond donors (Lipinski definition) is 0. The Hall–Kier alpha value is -3.80. The van der Waals surface area contributed by atoms with Crippen molar-refractivity contribution in [3.63, 3.8) is 0 Å². The van der Waals surface area contributed by atoms with Crippen LogP contribution in [0.3, 0.4) is 0 Å². The van der Waals surface area contributed by atoms with Crippen LogP contribution in [0.15, 0.2) is 78.9 Å². The minimum Gasteiger partial charge on any atom is -0.494 e. The zero-order valence-electron chi connectivity index (χ0n) is 16.6. The molecule has 0 saturated heterocycles. The van der Waals surface area contributed by atoms with Crippen LogP contribution >= 0.6 is 0 Å². The van der Waals surface area contributed by atoms with Gasteiger partial charge in [0.15, 0.2) is 0 Å². The number of carbonyl (C=O) groups excluding carboxylic acids is 2. The van der Waals surface area contributed by atoms with Gasteiger partial charge in [0.25, 0.3) is 0 Å². The van der Waals surface area contributed by atoms with Crippen molar-refractivity contribution in [2.24, 2.45) is 0 Å². The summed E-state index contributed by atoms with van der Waals surface area (Å²) in [6, 6.07) is 22.3. The molecule has 0 aliphatic carbocycles. The number of carbonyl (C=O) groups is 2. The largest absolute Gasteiger partial charge is 0.494 e. The van der Waals surface area contributed by atoms with E-state index in [9.17, 15) is 9.59 Å². The second kappa shape index (κ2) is 10.7. The van der Waals surface area contributed by atoms with E-state index in [0.29, 0.717) is 23.7 Å². The normalized spacial score (nSPS) is 10.2. The van der Waals surface area contributed by atoms with Crippen LogP contribution in [0.2, 0.25) is 0 Å². The van der Waals surface area contributed by atoms with Crippen molar-refractivity contribution in [1.82, 2.24) is 0 Å². The summed E-state index contributed by atoms with van der Waals surface area (Å²) in [4.78, 5) is 24.6. The van der Waals surface area contributed by atoms with Crippen molar-refractivity contribution < 1.29 is 28.5 Å². The molecule has 0 spiro atoms. The SMILES string of the molecule is CCOc1cccc(C(=O)Oc2cccc(C(=O)OCCOc3ccccc3)c2)c1. The molecule has 0 fully saturated rings. The first-order chi connectivity index (χ1) is 14.7. The molecule has 3 aromatic carbocycles. The standard InChI is InChI=1S/C24H22O6/c1-2-27-21-12-6-9-19(16-21)24(26)30-22-13-7-8-18(17-22)23(25)29-15-14-28-20-10-4-3-5-11-20/h3-13,16-17H,2,14-15H2,1H3. The van der Waals surface area contributed by atoms with Crippen molar-refractivity contribution in [2.75, 3.05) is 19.8 Å². The van der Waals surface area contributed by atoms with Gasteiger partial charge < -0.3 is 18.9 Å². The van der Waals surface area contributed by atoms with E-state index in [-0.39, 0.29) is 24.5 Å². The summed E-state index contributed by atoms with van der Waals surface area (Å²) in [6.07, 6.45) is 0. The predicted molar refractivity (Wildman–Crippen MR) is 111 cm³/mol. The fourth-order valence-electron chi connectivity index (χ4n) is 2.63. The number of hydrogen-bond acceptors (Lipinski definition) is 6. The molecule has 0 aliphatic rings. The van der Waals surface area contributed by atoms with Crippen LogP contribution in [0.5, 0.6) is 17.2 Å². The maximum atomic E-state index is 12.4. The van der Waals surface area contributed by atoms with Gasteiger partial charge in [-0.05, 0) is 55.5 Å². The van der Waals surface area contributed by atoms with Gasteiger partial charge in [0.05, 0.1) is 17.7 Å². The lowest BCUT2D eigenvalue weighted by atomic mass is 10.2. The maximum absolute atomic E-state index is 12.4. The number of benzene rings is 3. The second-order valence-corrected chi connectivity index (χ2v) is 6.18. The molecular formula is C24H22O6. The highest BCUT2D eigenvalue weighted by Gasteiger charge is 2.13. The third-order valence-electron chi connectivity index (χ3n) is 3.99. The van der Waals surface area contributed by atoms with Crippen LogP contribution in [-0.2, 0) is 4.74 Å². The van der Waals surface area contributed by atoms with Crippen molar-refractivity contribution in [1.29, 1.82) is 0 Å². The summed E-state index contributed by atoms with van der Waals surface area (Å²) >= 11 is 0. The Bertz CT molecular complexity index is 984. The van der Waals surface area contributed by atoms with E-state index >= 15 is 0 Å². The predicted octanol–water partition coefficient (Wildman–Crippen LogP) is 4.54. The molecule has 0 bridgehead atoms. The maximum Gasteiger partial charge on any atom is 0.343 e. The van der Waals surface area contributed by atoms with E-state index in [4.69, 9.17) is 18.9 Å². The van der Waals surface area contributed by atoms with Gasteiger partial charge in [-0.25, -0.2) is 9.59 Å². The van der Waals surface area contributed by atoms with Gasteiger partial charge in [0.2, 0.25) is 0 Å². The molecule has 6 nitrogen and oxygen atoms in total. The number of rotatable bonds is 9. The lowest BCUT2D eigenvalue weighted by Gasteiger charge is -2.09. The van der Waals surface area contributed by atoms with E-state index < -0.39 is 11.9 Å². The zero-order valence-corrected chi connectivity index (χ0v) is 16.6. The Balaban J connectivity index is 1.54. The van der Waals surface area contributed by atoms with E-state index in [1.807, 2.05) is 37.3 Å². The Kier molecular flexibility index (Phi) is 7.44. The van der Waals surface area contributed by atoms with E-state index in [0.717, 1.165) is 0 Å². The Morgan fingerprint density at radius 2 is 1.30 bits per heavy atom. The number of para-hydroxylation sites is 1. The first-order valence-electron chi connectivity index (χ1n) is 9.56. The molecular weight excluding hydrogens is 384 g/mol. The quantitative estimate of drug-likeness (QED) is 0.295. The van der Waals surface area contributed by atoms with Crippen LogP contribution in [0.1, 0.15) is 27.6 Å². The molecule has 3 rings (SSSR count). The number of esters is 2. The van der Waals surface area contributed by atoms with Crippen molar-refractivity contribution in [2.45, 2.75) is 6.92 Å². The fraction of sp³-hybridized carbons (Fsp3) is 0.167. The van der Waals surface area contributed by atoms with Gasteiger partial charge in [-0.1, -0.05) is 30.3 Å². The highest BCUT2D eigenvalue weighted by Crippen LogP contribution is 2.18. The average Bonchev–Trinajstić information content (AvgIpc) is 2.78. The summed E-state index contributed by atoms with van der Waals surface area (Å²) < 4.78 is 21.5. The van der Waals surface area contributed by atoms with Gasteiger partial charge in [-0.15, -0.1) is 0 Å². The summed E-state index contributed by atoms with van der Waals surface area (Å²) in [7, 11) is 0. The van der Waals surface area contributed by atoms with E-state index in [2.05, 4.69) is 0 Å². The topological polar surface area (TPSA) is 71.1 Å². The molecule has 0 amide bonds. The molecule has 3 aromatic rings. The highest BCUT2D eigenvalue weighted by molar-refractivity contribution is 5.93. The summed E-state index contributed by atoms with van der Waals surface area (Å²) in [5, 5.41) is 0. The highest BCUT2D eigenvalue weighted by atomic mass is 16.6. The molecule has 0 saturated carbocycles.